The number of hydrogen-bond donors (Lipinski definition) is 1. The first-order chi connectivity index (χ1) is 10.3. The Bertz CT molecular complexity index is 564. The van der Waals surface area contributed by atoms with Crippen LogP contribution in [0.25, 0.3) is 0 Å². The summed E-state index contributed by atoms with van der Waals surface area (Å²) < 4.78 is 0. The molecule has 0 aliphatic heterocycles. The van der Waals surface area contributed by atoms with Gasteiger partial charge in [0, 0.05) is 49.8 Å². The van der Waals surface area contributed by atoms with Gasteiger partial charge < -0.3 is 10.2 Å². The van der Waals surface area contributed by atoms with Crippen LogP contribution in [0.4, 0.5) is 5.69 Å². The SMILES string of the molecule is CN(CCc1ccccc1)c1ccncc1CNC1CC1. The lowest BCUT2D eigenvalue weighted by molar-refractivity contribution is 0.683. The third kappa shape index (κ3) is 4.05. The maximum atomic E-state index is 4.28. The van der Waals surface area contributed by atoms with Crippen molar-refractivity contribution in [1.82, 2.24) is 10.3 Å². The monoisotopic (exact) mass is 281 g/mol. The number of pyridine rings is 1. The molecule has 110 valence electrons. The second-order valence-corrected chi connectivity index (χ2v) is 5.82. The number of hydrogen-bond acceptors (Lipinski definition) is 3. The van der Waals surface area contributed by atoms with Gasteiger partial charge in [0.25, 0.3) is 0 Å². The van der Waals surface area contributed by atoms with Gasteiger partial charge in [-0.25, -0.2) is 0 Å². The lowest BCUT2D eigenvalue weighted by Gasteiger charge is -2.22. The summed E-state index contributed by atoms with van der Waals surface area (Å²) in [6.07, 6.45) is 7.58. The summed E-state index contributed by atoms with van der Waals surface area (Å²) in [6.45, 7) is 1.94. The van der Waals surface area contributed by atoms with Gasteiger partial charge in [0.2, 0.25) is 0 Å². The predicted molar refractivity (Wildman–Crippen MR) is 87.5 cm³/mol. The molecule has 0 bridgehead atoms. The molecule has 0 atom stereocenters. The molecule has 2 aromatic rings. The molecule has 0 unspecified atom stereocenters. The summed E-state index contributed by atoms with van der Waals surface area (Å²) in [6, 6.07) is 13.5. The van der Waals surface area contributed by atoms with Gasteiger partial charge >= 0.3 is 0 Å². The Labute approximate surface area is 127 Å². The second-order valence-electron chi connectivity index (χ2n) is 5.82. The minimum Gasteiger partial charge on any atom is -0.374 e. The Kier molecular flexibility index (Phi) is 4.51. The minimum absolute atomic E-state index is 0.729. The van der Waals surface area contributed by atoms with Crippen LogP contribution in [0.5, 0.6) is 0 Å². The highest BCUT2D eigenvalue weighted by Crippen LogP contribution is 2.22. The second kappa shape index (κ2) is 6.72. The number of likely N-dealkylation sites (N-methyl/N-ethyl adjacent to an activating group) is 1. The molecule has 1 aromatic heterocycles. The quantitative estimate of drug-likeness (QED) is 0.845. The molecule has 0 amide bonds. The van der Waals surface area contributed by atoms with Gasteiger partial charge in [0.1, 0.15) is 0 Å². The van der Waals surface area contributed by atoms with E-state index in [9.17, 15) is 0 Å². The summed E-state index contributed by atoms with van der Waals surface area (Å²) in [5.74, 6) is 0. The molecule has 1 N–H and O–H groups in total. The highest BCUT2D eigenvalue weighted by molar-refractivity contribution is 5.51. The molecule has 3 nitrogen and oxygen atoms in total. The molecule has 1 saturated carbocycles. The Hall–Kier alpha value is -1.87. The number of aromatic nitrogens is 1. The van der Waals surface area contributed by atoms with Crippen molar-refractivity contribution in [3.63, 3.8) is 0 Å². The van der Waals surface area contributed by atoms with Gasteiger partial charge in [0.05, 0.1) is 0 Å². The fourth-order valence-electron chi connectivity index (χ4n) is 2.53. The van der Waals surface area contributed by atoms with Gasteiger partial charge in [-0.2, -0.15) is 0 Å². The Morgan fingerprint density at radius 2 is 2.00 bits per heavy atom. The molecule has 3 heteroatoms. The van der Waals surface area contributed by atoms with E-state index in [0.717, 1.165) is 25.6 Å². The van der Waals surface area contributed by atoms with Crippen molar-refractivity contribution in [1.29, 1.82) is 0 Å². The third-order valence-corrected chi connectivity index (χ3v) is 4.03. The lowest BCUT2D eigenvalue weighted by atomic mass is 10.1. The maximum Gasteiger partial charge on any atom is 0.0440 e. The Morgan fingerprint density at radius 1 is 1.19 bits per heavy atom. The maximum absolute atomic E-state index is 4.28. The first-order valence-corrected chi connectivity index (χ1v) is 7.74. The van der Waals surface area contributed by atoms with E-state index in [4.69, 9.17) is 0 Å². The average molecular weight is 281 g/mol. The Balaban J connectivity index is 1.61. The van der Waals surface area contributed by atoms with E-state index in [2.05, 4.69) is 58.6 Å². The van der Waals surface area contributed by atoms with Crippen LogP contribution in [0.2, 0.25) is 0 Å². The fraction of sp³-hybridized carbons (Fsp3) is 0.389. The van der Waals surface area contributed by atoms with Crippen LogP contribution in [-0.2, 0) is 13.0 Å². The van der Waals surface area contributed by atoms with Crippen LogP contribution < -0.4 is 10.2 Å². The molecule has 3 rings (SSSR count). The summed E-state index contributed by atoms with van der Waals surface area (Å²) in [5.41, 5.74) is 3.96. The topological polar surface area (TPSA) is 28.2 Å². The minimum atomic E-state index is 0.729. The van der Waals surface area contributed by atoms with Crippen molar-refractivity contribution < 1.29 is 0 Å². The van der Waals surface area contributed by atoms with Crippen LogP contribution in [-0.4, -0.2) is 24.6 Å². The molecule has 0 saturated heterocycles. The smallest absolute Gasteiger partial charge is 0.0440 e. The van der Waals surface area contributed by atoms with E-state index < -0.39 is 0 Å². The fourth-order valence-corrected chi connectivity index (χ4v) is 2.53. The van der Waals surface area contributed by atoms with E-state index in [1.54, 1.807) is 0 Å². The molecule has 1 aliphatic carbocycles. The van der Waals surface area contributed by atoms with Crippen LogP contribution in [0.1, 0.15) is 24.0 Å². The van der Waals surface area contributed by atoms with Gasteiger partial charge in [-0.1, -0.05) is 30.3 Å². The van der Waals surface area contributed by atoms with E-state index >= 15 is 0 Å². The standard InChI is InChI=1S/C18H23N3/c1-21(12-10-15-5-3-2-4-6-15)18-9-11-19-13-16(18)14-20-17-7-8-17/h2-6,9,11,13,17,20H,7-8,10,12,14H2,1H3. The molecular weight excluding hydrogens is 258 g/mol. The number of anilines is 1. The normalized spacial score (nSPS) is 14.1. The zero-order chi connectivity index (χ0) is 14.5. The summed E-state index contributed by atoms with van der Waals surface area (Å²) in [5, 5.41) is 3.58. The van der Waals surface area contributed by atoms with E-state index in [1.165, 1.54) is 29.7 Å². The molecule has 1 aliphatic rings. The lowest BCUT2D eigenvalue weighted by Crippen LogP contribution is -2.24. The summed E-state index contributed by atoms with van der Waals surface area (Å²) >= 11 is 0. The molecule has 0 radical (unpaired) electrons. The van der Waals surface area contributed by atoms with Crippen LogP contribution in [0.3, 0.4) is 0 Å². The zero-order valence-electron chi connectivity index (χ0n) is 12.6. The summed E-state index contributed by atoms with van der Waals surface area (Å²) in [7, 11) is 2.17. The van der Waals surface area contributed by atoms with E-state index in [-0.39, 0.29) is 0 Å². The third-order valence-electron chi connectivity index (χ3n) is 4.03. The molecule has 1 fully saturated rings. The van der Waals surface area contributed by atoms with Gasteiger partial charge in [-0.3, -0.25) is 4.98 Å². The van der Waals surface area contributed by atoms with E-state index in [0.29, 0.717) is 0 Å². The number of nitrogens with zero attached hydrogens (tertiary/aromatic N) is 2. The van der Waals surface area contributed by atoms with Gasteiger partial charge in [0.15, 0.2) is 0 Å². The highest BCUT2D eigenvalue weighted by Gasteiger charge is 2.20. The molecule has 0 spiro atoms. The van der Waals surface area contributed by atoms with Crippen LogP contribution in [0.15, 0.2) is 48.8 Å². The van der Waals surface area contributed by atoms with Crippen molar-refractivity contribution >= 4 is 5.69 Å². The average Bonchev–Trinajstić information content (AvgIpc) is 3.36. The van der Waals surface area contributed by atoms with Crippen molar-refractivity contribution in [2.45, 2.75) is 31.8 Å². The number of rotatable bonds is 7. The van der Waals surface area contributed by atoms with E-state index in [1.807, 2.05) is 12.4 Å². The van der Waals surface area contributed by atoms with Crippen molar-refractivity contribution in [2.75, 3.05) is 18.5 Å². The predicted octanol–water partition coefficient (Wildman–Crippen LogP) is 3.01. The van der Waals surface area contributed by atoms with Crippen molar-refractivity contribution in [3.8, 4) is 0 Å². The highest BCUT2D eigenvalue weighted by atomic mass is 15.1. The Morgan fingerprint density at radius 3 is 2.76 bits per heavy atom. The van der Waals surface area contributed by atoms with Crippen molar-refractivity contribution in [2.24, 2.45) is 0 Å². The largest absolute Gasteiger partial charge is 0.374 e. The number of nitrogens with one attached hydrogen (secondary N) is 1. The summed E-state index contributed by atoms with van der Waals surface area (Å²) in [4.78, 5) is 6.61. The molecule has 1 heterocycles. The first kappa shape index (κ1) is 14.1. The van der Waals surface area contributed by atoms with Gasteiger partial charge in [-0.15, -0.1) is 0 Å². The van der Waals surface area contributed by atoms with Gasteiger partial charge in [-0.05, 0) is 30.9 Å². The number of benzene rings is 1. The molecular formula is C18H23N3. The molecule has 1 aromatic carbocycles. The first-order valence-electron chi connectivity index (χ1n) is 7.74. The van der Waals surface area contributed by atoms with Crippen LogP contribution >= 0.6 is 0 Å². The zero-order valence-corrected chi connectivity index (χ0v) is 12.6. The van der Waals surface area contributed by atoms with Crippen LogP contribution in [0, 0.1) is 0 Å². The van der Waals surface area contributed by atoms with Crippen molar-refractivity contribution in [3.05, 3.63) is 59.9 Å². The molecule has 21 heavy (non-hydrogen) atoms.